The number of amides is 1. The molecular weight excluding hydrogens is 505 g/mol. The van der Waals surface area contributed by atoms with Crippen molar-refractivity contribution in [2.24, 2.45) is 5.92 Å². The second-order valence-corrected chi connectivity index (χ2v) is 11.7. The number of piperidine rings is 1. The van der Waals surface area contributed by atoms with E-state index in [1.807, 2.05) is 29.2 Å². The second-order valence-electron chi connectivity index (χ2n) is 8.47. The molecule has 2 fully saturated rings. The molecule has 2 aromatic rings. The highest BCUT2D eigenvalue weighted by Gasteiger charge is 2.34. The maximum Gasteiger partial charge on any atom is 0.225 e. The molecule has 0 aromatic heterocycles. The molecule has 10 heteroatoms. The molecule has 0 unspecified atom stereocenters. The topological polar surface area (TPSA) is 60.9 Å². The zero-order valence-electron chi connectivity index (χ0n) is 18.1. The van der Waals surface area contributed by atoms with Crippen molar-refractivity contribution in [3.63, 3.8) is 0 Å². The summed E-state index contributed by atoms with van der Waals surface area (Å²) in [5.74, 6) is -0.144. The number of carbonyl (C=O) groups excluding carboxylic acids is 1. The zero-order chi connectivity index (χ0) is 23.6. The number of rotatable bonds is 5. The summed E-state index contributed by atoms with van der Waals surface area (Å²) in [6, 6.07) is 12.6. The Bertz CT molecular complexity index is 1110. The summed E-state index contributed by atoms with van der Waals surface area (Å²) in [5, 5.41) is 1.43. The zero-order valence-corrected chi connectivity index (χ0v) is 21.2. The van der Waals surface area contributed by atoms with Crippen molar-refractivity contribution in [3.8, 4) is 0 Å². The van der Waals surface area contributed by atoms with Crippen LogP contribution in [0.1, 0.15) is 18.4 Å². The number of anilines is 1. The van der Waals surface area contributed by atoms with E-state index in [4.69, 9.17) is 34.8 Å². The van der Waals surface area contributed by atoms with Crippen LogP contribution in [0.3, 0.4) is 0 Å². The summed E-state index contributed by atoms with van der Waals surface area (Å²) in [6.07, 6.45) is 1.07. The van der Waals surface area contributed by atoms with Crippen molar-refractivity contribution in [1.82, 2.24) is 9.21 Å². The lowest BCUT2D eigenvalue weighted by Gasteiger charge is -2.39. The molecule has 2 aliphatic rings. The smallest absolute Gasteiger partial charge is 0.225 e. The van der Waals surface area contributed by atoms with Gasteiger partial charge in [-0.15, -0.1) is 0 Å². The summed E-state index contributed by atoms with van der Waals surface area (Å²) in [4.78, 5) is 17.2. The highest BCUT2D eigenvalue weighted by Crippen LogP contribution is 2.27. The van der Waals surface area contributed by atoms with Crippen LogP contribution in [0.4, 0.5) is 5.69 Å². The van der Waals surface area contributed by atoms with Crippen molar-refractivity contribution in [2.45, 2.75) is 18.6 Å². The second kappa shape index (κ2) is 10.4. The molecule has 0 aliphatic carbocycles. The van der Waals surface area contributed by atoms with Gasteiger partial charge in [0, 0.05) is 55.9 Å². The molecule has 33 heavy (non-hydrogen) atoms. The average molecular weight is 531 g/mol. The van der Waals surface area contributed by atoms with Gasteiger partial charge < -0.3 is 9.80 Å². The van der Waals surface area contributed by atoms with Crippen LogP contribution < -0.4 is 4.90 Å². The number of halogens is 3. The summed E-state index contributed by atoms with van der Waals surface area (Å²) < 4.78 is 27.2. The maximum atomic E-state index is 13.1. The fourth-order valence-corrected chi connectivity index (χ4v) is 6.48. The van der Waals surface area contributed by atoms with Crippen molar-refractivity contribution in [2.75, 3.05) is 44.2 Å². The molecule has 0 N–H and O–H groups in total. The molecule has 2 aromatic carbocycles. The summed E-state index contributed by atoms with van der Waals surface area (Å²) >= 11 is 18.0. The van der Waals surface area contributed by atoms with E-state index >= 15 is 0 Å². The summed E-state index contributed by atoms with van der Waals surface area (Å²) in [6.45, 7) is 3.51. The predicted octanol–water partition coefficient (Wildman–Crippen LogP) is 4.54. The lowest BCUT2D eigenvalue weighted by atomic mass is 9.96. The summed E-state index contributed by atoms with van der Waals surface area (Å²) in [7, 11) is -3.49. The standard InChI is InChI=1S/C23H26Cl3N3O3S/c24-19-2-1-3-20(15-19)27-10-12-28(13-11-27)23(30)18-6-8-29(9-7-18)33(31,32)16-17-4-5-21(25)22(26)14-17/h1-5,14-15,18H,6-13,16H2. The van der Waals surface area contributed by atoms with E-state index in [2.05, 4.69) is 4.90 Å². The predicted molar refractivity (Wildman–Crippen MR) is 134 cm³/mol. The van der Waals surface area contributed by atoms with E-state index in [-0.39, 0.29) is 17.6 Å². The van der Waals surface area contributed by atoms with E-state index in [1.165, 1.54) is 4.31 Å². The average Bonchev–Trinajstić information content (AvgIpc) is 2.81. The number of hydrogen-bond acceptors (Lipinski definition) is 4. The fraction of sp³-hybridized carbons (Fsp3) is 0.435. The highest BCUT2D eigenvalue weighted by molar-refractivity contribution is 7.88. The first-order valence-electron chi connectivity index (χ1n) is 10.9. The van der Waals surface area contributed by atoms with Gasteiger partial charge in [0.1, 0.15) is 0 Å². The highest BCUT2D eigenvalue weighted by atomic mass is 35.5. The number of nitrogens with zero attached hydrogens (tertiary/aromatic N) is 3. The van der Waals surface area contributed by atoms with Crippen molar-refractivity contribution < 1.29 is 13.2 Å². The maximum absolute atomic E-state index is 13.1. The van der Waals surface area contributed by atoms with E-state index in [0.29, 0.717) is 59.7 Å². The molecule has 2 heterocycles. The van der Waals surface area contributed by atoms with E-state index in [1.54, 1.807) is 18.2 Å². The lowest BCUT2D eigenvalue weighted by Crippen LogP contribution is -2.52. The molecule has 6 nitrogen and oxygen atoms in total. The van der Waals surface area contributed by atoms with Crippen LogP contribution in [0.15, 0.2) is 42.5 Å². The van der Waals surface area contributed by atoms with Gasteiger partial charge in [-0.25, -0.2) is 12.7 Å². The third-order valence-corrected chi connectivity index (χ3v) is 9.12. The first-order valence-corrected chi connectivity index (χ1v) is 13.7. The van der Waals surface area contributed by atoms with Gasteiger partial charge in [-0.1, -0.05) is 46.9 Å². The van der Waals surface area contributed by atoms with Crippen molar-refractivity contribution in [3.05, 3.63) is 63.1 Å². The van der Waals surface area contributed by atoms with Crippen LogP contribution >= 0.6 is 34.8 Å². The van der Waals surface area contributed by atoms with E-state index < -0.39 is 10.0 Å². The van der Waals surface area contributed by atoms with Crippen LogP contribution in [0.5, 0.6) is 0 Å². The third-order valence-electron chi connectivity index (χ3n) is 6.29. The number of benzene rings is 2. The van der Waals surface area contributed by atoms with Gasteiger partial charge in [-0.05, 0) is 48.7 Å². The molecule has 0 spiro atoms. The Morgan fingerprint density at radius 2 is 1.58 bits per heavy atom. The van der Waals surface area contributed by atoms with Gasteiger partial charge in [-0.2, -0.15) is 0 Å². The van der Waals surface area contributed by atoms with Crippen LogP contribution in [-0.2, 0) is 20.6 Å². The Labute approximate surface area is 210 Å². The first-order chi connectivity index (χ1) is 15.7. The Morgan fingerprint density at radius 3 is 2.21 bits per heavy atom. The van der Waals surface area contributed by atoms with E-state index in [9.17, 15) is 13.2 Å². The molecule has 0 atom stereocenters. The SMILES string of the molecule is O=C(C1CCN(S(=O)(=O)Cc2ccc(Cl)c(Cl)c2)CC1)N1CCN(c2cccc(Cl)c2)CC1. The first kappa shape index (κ1) is 24.6. The summed E-state index contributed by atoms with van der Waals surface area (Å²) in [5.41, 5.74) is 1.66. The molecule has 1 amide bonds. The Balaban J connectivity index is 1.28. The molecule has 2 aliphatic heterocycles. The van der Waals surface area contributed by atoms with Crippen molar-refractivity contribution in [1.29, 1.82) is 0 Å². The van der Waals surface area contributed by atoms with Crippen LogP contribution in [-0.4, -0.2) is 62.8 Å². The van der Waals surface area contributed by atoms with Crippen LogP contribution in [0.2, 0.25) is 15.1 Å². The molecular formula is C23H26Cl3N3O3S. The molecule has 0 bridgehead atoms. The largest absolute Gasteiger partial charge is 0.368 e. The van der Waals surface area contributed by atoms with Gasteiger partial charge in [-0.3, -0.25) is 4.79 Å². The molecule has 2 saturated heterocycles. The number of sulfonamides is 1. The molecule has 4 rings (SSSR count). The van der Waals surface area contributed by atoms with Gasteiger partial charge >= 0.3 is 0 Å². The normalized spacial score (nSPS) is 18.5. The van der Waals surface area contributed by atoms with E-state index in [0.717, 1.165) is 18.8 Å². The van der Waals surface area contributed by atoms with Gasteiger partial charge in [0.2, 0.25) is 15.9 Å². The number of hydrogen-bond donors (Lipinski definition) is 0. The van der Waals surface area contributed by atoms with Crippen molar-refractivity contribution >= 4 is 56.4 Å². The molecule has 178 valence electrons. The van der Waals surface area contributed by atoms with Gasteiger partial charge in [0.25, 0.3) is 0 Å². The Morgan fingerprint density at radius 1 is 0.879 bits per heavy atom. The Hall–Kier alpha value is -1.51. The van der Waals surface area contributed by atoms with Crippen LogP contribution in [0.25, 0.3) is 0 Å². The lowest BCUT2D eigenvalue weighted by molar-refractivity contribution is -0.137. The van der Waals surface area contributed by atoms with Crippen LogP contribution in [0, 0.1) is 5.92 Å². The monoisotopic (exact) mass is 529 g/mol. The quantitative estimate of drug-likeness (QED) is 0.570. The minimum absolute atomic E-state index is 0.127. The fourth-order valence-electron chi connectivity index (χ4n) is 4.43. The third kappa shape index (κ3) is 5.95. The number of carbonyl (C=O) groups is 1. The Kier molecular flexibility index (Phi) is 7.76. The minimum atomic E-state index is -3.49. The number of piperazine rings is 1. The molecule has 0 saturated carbocycles. The minimum Gasteiger partial charge on any atom is -0.368 e. The molecule has 0 radical (unpaired) electrons. The van der Waals surface area contributed by atoms with Gasteiger partial charge in [0.05, 0.1) is 15.8 Å². The van der Waals surface area contributed by atoms with Gasteiger partial charge in [0.15, 0.2) is 0 Å².